The largest absolute Gasteiger partial charge is 0.354 e. The third-order valence-corrected chi connectivity index (χ3v) is 4.89. The highest BCUT2D eigenvalue weighted by atomic mass is 16.2. The molecule has 0 spiro atoms. The van der Waals surface area contributed by atoms with Gasteiger partial charge in [-0.3, -0.25) is 9.59 Å². The second kappa shape index (κ2) is 7.13. The number of nitrogens with one attached hydrogen (secondary N) is 1. The zero-order chi connectivity index (χ0) is 16.2. The molecule has 5 heteroatoms. The summed E-state index contributed by atoms with van der Waals surface area (Å²) in [5.41, 5.74) is 2.58. The molecule has 2 amide bonds. The van der Waals surface area contributed by atoms with Crippen molar-refractivity contribution in [2.75, 3.05) is 13.1 Å². The summed E-state index contributed by atoms with van der Waals surface area (Å²) in [4.78, 5) is 27.0. The van der Waals surface area contributed by atoms with Gasteiger partial charge in [0.05, 0.1) is 0 Å². The van der Waals surface area contributed by atoms with E-state index in [0.717, 1.165) is 32.2 Å². The Bertz CT molecular complexity index is 587. The van der Waals surface area contributed by atoms with E-state index in [1.54, 1.807) is 4.90 Å². The minimum atomic E-state index is -0.278. The summed E-state index contributed by atoms with van der Waals surface area (Å²) in [6, 6.07) is 7.94. The lowest BCUT2D eigenvalue weighted by Gasteiger charge is -2.29. The molecule has 1 aromatic carbocycles. The first kappa shape index (κ1) is 16.0. The Morgan fingerprint density at radius 2 is 2.09 bits per heavy atom. The van der Waals surface area contributed by atoms with Gasteiger partial charge in [-0.15, -0.1) is 0 Å². The van der Waals surface area contributed by atoms with Gasteiger partial charge in [0.25, 0.3) is 5.91 Å². The predicted octanol–water partition coefficient (Wildman–Crippen LogP) is 0.192. The highest BCUT2D eigenvalue weighted by molar-refractivity contribution is 5.90. The molecular weight excluding hydrogens is 290 g/mol. The first-order chi connectivity index (χ1) is 11.2. The minimum Gasteiger partial charge on any atom is -0.354 e. The Hall–Kier alpha value is -1.88. The standard InChI is InChI=1S/C18H25N3O2/c1-2-9-19-17(22)16-8-5-10-21(16)18(23)15-11-13-6-3-4-7-14(13)12-20-15/h3-4,6-7,15-16,20H,2,5,8-12H2,1H3,(H,19,22)/p+1/t15-,16-/m0/s1. The molecule has 3 rings (SSSR count). The Morgan fingerprint density at radius 3 is 2.87 bits per heavy atom. The molecule has 23 heavy (non-hydrogen) atoms. The maximum atomic E-state index is 12.9. The van der Waals surface area contributed by atoms with Gasteiger partial charge in [-0.25, -0.2) is 0 Å². The number of hydrogen-bond acceptors (Lipinski definition) is 2. The first-order valence-electron chi connectivity index (χ1n) is 8.69. The van der Waals surface area contributed by atoms with Crippen LogP contribution in [0.2, 0.25) is 0 Å². The fourth-order valence-electron chi connectivity index (χ4n) is 3.62. The molecule has 5 nitrogen and oxygen atoms in total. The van der Waals surface area contributed by atoms with Crippen molar-refractivity contribution >= 4 is 11.8 Å². The van der Waals surface area contributed by atoms with Gasteiger partial charge in [0.15, 0.2) is 6.04 Å². The molecule has 0 saturated carbocycles. The van der Waals surface area contributed by atoms with Crippen molar-refractivity contribution in [2.24, 2.45) is 0 Å². The number of carbonyl (C=O) groups excluding carboxylic acids is 2. The lowest BCUT2D eigenvalue weighted by Crippen LogP contribution is -2.93. The summed E-state index contributed by atoms with van der Waals surface area (Å²) < 4.78 is 0. The van der Waals surface area contributed by atoms with Crippen molar-refractivity contribution < 1.29 is 14.9 Å². The second-order valence-corrected chi connectivity index (χ2v) is 6.50. The monoisotopic (exact) mass is 316 g/mol. The molecular formula is C18H26N3O2+. The van der Waals surface area contributed by atoms with Crippen molar-refractivity contribution in [3.8, 4) is 0 Å². The number of rotatable bonds is 4. The van der Waals surface area contributed by atoms with E-state index < -0.39 is 0 Å². The maximum Gasteiger partial charge on any atom is 0.281 e. The summed E-state index contributed by atoms with van der Waals surface area (Å²) in [6.45, 7) is 4.26. The number of nitrogens with zero attached hydrogens (tertiary/aromatic N) is 1. The van der Waals surface area contributed by atoms with Gasteiger partial charge >= 0.3 is 0 Å². The highest BCUT2D eigenvalue weighted by Crippen LogP contribution is 2.20. The second-order valence-electron chi connectivity index (χ2n) is 6.50. The van der Waals surface area contributed by atoms with Crippen molar-refractivity contribution in [3.63, 3.8) is 0 Å². The van der Waals surface area contributed by atoms with Crippen LogP contribution in [0.3, 0.4) is 0 Å². The number of hydrogen-bond donors (Lipinski definition) is 2. The SMILES string of the molecule is CCCNC(=O)[C@@H]1CCCN1C(=O)[C@@H]1Cc2ccccc2C[NH2+]1. The van der Waals surface area contributed by atoms with Gasteiger partial charge in [0.2, 0.25) is 5.91 Å². The fourth-order valence-corrected chi connectivity index (χ4v) is 3.62. The molecule has 2 atom stereocenters. The Morgan fingerprint density at radius 1 is 1.30 bits per heavy atom. The Kier molecular flexibility index (Phi) is 4.96. The molecule has 1 fully saturated rings. The van der Waals surface area contributed by atoms with Gasteiger partial charge in [-0.1, -0.05) is 31.2 Å². The van der Waals surface area contributed by atoms with Crippen molar-refractivity contribution in [1.29, 1.82) is 0 Å². The fraction of sp³-hybridized carbons (Fsp3) is 0.556. The topological polar surface area (TPSA) is 66.0 Å². The van der Waals surface area contributed by atoms with Gasteiger partial charge in [-0.05, 0) is 24.8 Å². The van der Waals surface area contributed by atoms with E-state index in [9.17, 15) is 9.59 Å². The van der Waals surface area contributed by atoms with Crippen LogP contribution in [0, 0.1) is 0 Å². The lowest BCUT2D eigenvalue weighted by atomic mass is 9.95. The van der Waals surface area contributed by atoms with E-state index in [1.165, 1.54) is 11.1 Å². The molecule has 2 aliphatic heterocycles. The summed E-state index contributed by atoms with van der Waals surface area (Å²) >= 11 is 0. The van der Waals surface area contributed by atoms with Crippen molar-refractivity contribution in [3.05, 3.63) is 35.4 Å². The number of nitrogens with two attached hydrogens (primary N) is 1. The van der Waals surface area contributed by atoms with Crippen LogP contribution < -0.4 is 10.6 Å². The molecule has 0 aromatic heterocycles. The van der Waals surface area contributed by atoms with E-state index >= 15 is 0 Å². The summed E-state index contributed by atoms with van der Waals surface area (Å²) in [5, 5.41) is 5.05. The number of benzene rings is 1. The maximum absolute atomic E-state index is 12.9. The van der Waals surface area contributed by atoms with Gasteiger partial charge < -0.3 is 15.5 Å². The van der Waals surface area contributed by atoms with Crippen LogP contribution in [0.25, 0.3) is 0 Å². The first-order valence-corrected chi connectivity index (χ1v) is 8.69. The van der Waals surface area contributed by atoms with Crippen LogP contribution in [-0.2, 0) is 22.6 Å². The molecule has 124 valence electrons. The van der Waals surface area contributed by atoms with Crippen molar-refractivity contribution in [1.82, 2.24) is 10.2 Å². The lowest BCUT2D eigenvalue weighted by molar-refractivity contribution is -0.695. The quantitative estimate of drug-likeness (QED) is 0.833. The zero-order valence-corrected chi connectivity index (χ0v) is 13.8. The summed E-state index contributed by atoms with van der Waals surface area (Å²) in [7, 11) is 0. The van der Waals surface area contributed by atoms with E-state index in [4.69, 9.17) is 0 Å². The predicted molar refractivity (Wildman–Crippen MR) is 87.6 cm³/mol. The van der Waals surface area contributed by atoms with Gasteiger partial charge in [-0.2, -0.15) is 0 Å². The van der Waals surface area contributed by atoms with Crippen LogP contribution in [0.1, 0.15) is 37.3 Å². The average Bonchev–Trinajstić information content (AvgIpc) is 3.08. The van der Waals surface area contributed by atoms with Crippen LogP contribution in [0.5, 0.6) is 0 Å². The molecule has 2 aliphatic rings. The number of carbonyl (C=O) groups is 2. The molecule has 0 bridgehead atoms. The number of quaternary nitrogens is 1. The van der Waals surface area contributed by atoms with Crippen LogP contribution in [-0.4, -0.2) is 41.9 Å². The van der Waals surface area contributed by atoms with Gasteiger partial charge in [0, 0.05) is 25.1 Å². The third-order valence-electron chi connectivity index (χ3n) is 4.89. The zero-order valence-electron chi connectivity index (χ0n) is 13.8. The van der Waals surface area contributed by atoms with Crippen LogP contribution in [0.15, 0.2) is 24.3 Å². The molecule has 0 unspecified atom stereocenters. The number of fused-ring (bicyclic) bond motifs is 1. The highest BCUT2D eigenvalue weighted by Gasteiger charge is 2.39. The smallest absolute Gasteiger partial charge is 0.281 e. The van der Waals surface area contributed by atoms with Crippen LogP contribution >= 0.6 is 0 Å². The Labute approximate surface area is 137 Å². The molecule has 1 saturated heterocycles. The summed E-state index contributed by atoms with van der Waals surface area (Å²) in [6.07, 6.45) is 3.37. The summed E-state index contributed by atoms with van der Waals surface area (Å²) in [5.74, 6) is 0.127. The van der Waals surface area contributed by atoms with E-state index in [1.807, 2.05) is 19.1 Å². The average molecular weight is 316 g/mol. The van der Waals surface area contributed by atoms with Gasteiger partial charge in [0.1, 0.15) is 12.6 Å². The van der Waals surface area contributed by atoms with E-state index in [0.29, 0.717) is 13.1 Å². The van der Waals surface area contributed by atoms with Crippen LogP contribution in [0.4, 0.5) is 0 Å². The Balaban J connectivity index is 1.67. The third kappa shape index (κ3) is 3.39. The van der Waals surface area contributed by atoms with Crippen molar-refractivity contribution in [2.45, 2.75) is 51.2 Å². The number of likely N-dealkylation sites (tertiary alicyclic amines) is 1. The number of amides is 2. The molecule has 0 aliphatic carbocycles. The minimum absolute atomic E-state index is 0.00825. The molecule has 1 aromatic rings. The molecule has 0 radical (unpaired) electrons. The van der Waals surface area contributed by atoms with E-state index in [2.05, 4.69) is 22.8 Å². The normalized spacial score (nSPS) is 23.4. The van der Waals surface area contributed by atoms with E-state index in [-0.39, 0.29) is 23.9 Å². The molecule has 3 N–H and O–H groups in total. The molecule has 2 heterocycles.